The van der Waals surface area contributed by atoms with Crippen molar-refractivity contribution < 1.29 is 4.74 Å². The molecule has 1 atom stereocenters. The summed E-state index contributed by atoms with van der Waals surface area (Å²) < 4.78 is 5.44. The van der Waals surface area contributed by atoms with E-state index in [0.717, 1.165) is 18.0 Å². The molecule has 0 aliphatic carbocycles. The van der Waals surface area contributed by atoms with E-state index in [1.807, 2.05) is 35.7 Å². The lowest BCUT2D eigenvalue weighted by Gasteiger charge is -2.09. The molecule has 1 fully saturated rings. The van der Waals surface area contributed by atoms with E-state index in [4.69, 9.17) is 4.74 Å². The van der Waals surface area contributed by atoms with Gasteiger partial charge in [0.25, 0.3) is 0 Å². The van der Waals surface area contributed by atoms with Crippen molar-refractivity contribution in [2.75, 3.05) is 24.7 Å². The van der Waals surface area contributed by atoms with Gasteiger partial charge in [-0.1, -0.05) is 12.7 Å². The van der Waals surface area contributed by atoms with Gasteiger partial charge in [0.1, 0.15) is 12.4 Å². The molecule has 0 spiro atoms. The second-order valence-electron chi connectivity index (χ2n) is 3.70. The van der Waals surface area contributed by atoms with Gasteiger partial charge in [-0.2, -0.15) is 0 Å². The highest BCUT2D eigenvalue weighted by molar-refractivity contribution is 8.03. The molecule has 1 aromatic rings. The number of rotatable bonds is 6. The van der Waals surface area contributed by atoms with Gasteiger partial charge in [0.2, 0.25) is 0 Å². The van der Waals surface area contributed by atoms with Gasteiger partial charge in [-0.05, 0) is 24.3 Å². The normalized spacial score (nSPS) is 19.2. The number of ether oxygens (including phenoxy) is 1. The topological polar surface area (TPSA) is 21.3 Å². The first kappa shape index (κ1) is 12.9. The maximum absolute atomic E-state index is 5.44. The average molecular weight is 267 g/mol. The van der Waals surface area contributed by atoms with Crippen molar-refractivity contribution in [3.63, 3.8) is 0 Å². The SMILES string of the molecule is C=CCOc1ccc(SCC2NCCS2)cc1. The molecular weight excluding hydrogens is 250 g/mol. The zero-order valence-electron chi connectivity index (χ0n) is 9.72. The van der Waals surface area contributed by atoms with E-state index in [1.54, 1.807) is 6.08 Å². The van der Waals surface area contributed by atoms with Crippen LogP contribution in [-0.4, -0.2) is 30.0 Å². The van der Waals surface area contributed by atoms with E-state index in [-0.39, 0.29) is 0 Å². The molecule has 0 amide bonds. The summed E-state index contributed by atoms with van der Waals surface area (Å²) in [4.78, 5) is 1.30. The van der Waals surface area contributed by atoms with Gasteiger partial charge >= 0.3 is 0 Å². The van der Waals surface area contributed by atoms with Crippen molar-refractivity contribution in [2.24, 2.45) is 0 Å². The first-order valence-corrected chi connectivity index (χ1v) is 7.73. The van der Waals surface area contributed by atoms with Crippen molar-refractivity contribution in [3.8, 4) is 5.75 Å². The van der Waals surface area contributed by atoms with Gasteiger partial charge in [0.15, 0.2) is 0 Å². The molecule has 4 heteroatoms. The summed E-state index contributed by atoms with van der Waals surface area (Å²) in [5.74, 6) is 3.26. The van der Waals surface area contributed by atoms with Gasteiger partial charge in [-0.15, -0.1) is 23.5 Å². The first-order valence-electron chi connectivity index (χ1n) is 5.70. The van der Waals surface area contributed by atoms with Crippen LogP contribution in [0.3, 0.4) is 0 Å². The van der Waals surface area contributed by atoms with Crippen LogP contribution in [0.25, 0.3) is 0 Å². The van der Waals surface area contributed by atoms with Crippen LogP contribution >= 0.6 is 23.5 Å². The van der Waals surface area contributed by atoms with Crippen molar-refractivity contribution in [3.05, 3.63) is 36.9 Å². The fourth-order valence-corrected chi connectivity index (χ4v) is 3.68. The zero-order chi connectivity index (χ0) is 11.9. The Kier molecular flexibility index (Phi) is 5.29. The molecule has 1 saturated heterocycles. The molecule has 2 rings (SSSR count). The van der Waals surface area contributed by atoms with Gasteiger partial charge in [0.05, 0.1) is 5.37 Å². The highest BCUT2D eigenvalue weighted by Crippen LogP contribution is 2.25. The lowest BCUT2D eigenvalue weighted by atomic mass is 10.3. The minimum Gasteiger partial charge on any atom is -0.490 e. The highest BCUT2D eigenvalue weighted by atomic mass is 32.2. The summed E-state index contributed by atoms with van der Waals surface area (Å²) in [5.41, 5.74) is 0. The quantitative estimate of drug-likeness (QED) is 0.631. The van der Waals surface area contributed by atoms with Crippen molar-refractivity contribution in [1.82, 2.24) is 5.32 Å². The molecule has 92 valence electrons. The van der Waals surface area contributed by atoms with E-state index >= 15 is 0 Å². The molecule has 0 aromatic heterocycles. The predicted molar refractivity (Wildman–Crippen MR) is 77.1 cm³/mol. The Balaban J connectivity index is 1.78. The molecule has 0 radical (unpaired) electrons. The van der Waals surface area contributed by atoms with Crippen molar-refractivity contribution in [1.29, 1.82) is 0 Å². The Hall–Kier alpha value is -0.580. The van der Waals surface area contributed by atoms with Crippen LogP contribution in [0.4, 0.5) is 0 Å². The third-order valence-corrected chi connectivity index (χ3v) is 4.88. The minimum atomic E-state index is 0.565. The number of hydrogen-bond acceptors (Lipinski definition) is 4. The number of benzene rings is 1. The summed E-state index contributed by atoms with van der Waals surface area (Å²) in [5, 5.41) is 4.08. The van der Waals surface area contributed by atoms with E-state index in [1.165, 1.54) is 10.6 Å². The third kappa shape index (κ3) is 4.30. The standard InChI is InChI=1S/C13H17NOS2/c1-2-8-15-11-3-5-12(6-4-11)17-10-13-14-7-9-16-13/h2-6,13-14H,1,7-10H2. The lowest BCUT2D eigenvalue weighted by Crippen LogP contribution is -2.21. The van der Waals surface area contributed by atoms with Crippen LogP contribution in [0.15, 0.2) is 41.8 Å². The maximum atomic E-state index is 5.44. The van der Waals surface area contributed by atoms with Gasteiger partial charge in [-0.25, -0.2) is 0 Å². The zero-order valence-corrected chi connectivity index (χ0v) is 11.4. The summed E-state index contributed by atoms with van der Waals surface area (Å²) in [6, 6.07) is 8.26. The van der Waals surface area contributed by atoms with Crippen LogP contribution in [0.2, 0.25) is 0 Å². The van der Waals surface area contributed by atoms with E-state index in [2.05, 4.69) is 24.0 Å². The Morgan fingerprint density at radius 3 is 2.94 bits per heavy atom. The molecule has 0 bridgehead atoms. The second kappa shape index (κ2) is 6.99. The number of hydrogen-bond donors (Lipinski definition) is 1. The van der Waals surface area contributed by atoms with E-state index in [0.29, 0.717) is 12.0 Å². The molecule has 1 heterocycles. The molecule has 1 unspecified atom stereocenters. The monoisotopic (exact) mass is 267 g/mol. The fourth-order valence-electron chi connectivity index (χ4n) is 1.55. The highest BCUT2D eigenvalue weighted by Gasteiger charge is 2.14. The Morgan fingerprint density at radius 1 is 1.47 bits per heavy atom. The lowest BCUT2D eigenvalue weighted by molar-refractivity contribution is 0.363. The largest absolute Gasteiger partial charge is 0.490 e. The molecule has 1 N–H and O–H groups in total. The molecular formula is C13H17NOS2. The van der Waals surface area contributed by atoms with Crippen molar-refractivity contribution >= 4 is 23.5 Å². The van der Waals surface area contributed by atoms with Gasteiger partial charge in [0, 0.05) is 22.9 Å². The van der Waals surface area contributed by atoms with Crippen molar-refractivity contribution in [2.45, 2.75) is 10.3 Å². The molecule has 0 saturated carbocycles. The van der Waals surface area contributed by atoms with Crippen LogP contribution < -0.4 is 10.1 Å². The van der Waals surface area contributed by atoms with Crippen LogP contribution in [-0.2, 0) is 0 Å². The van der Waals surface area contributed by atoms with Gasteiger partial charge in [-0.3, -0.25) is 0 Å². The maximum Gasteiger partial charge on any atom is 0.119 e. The number of nitrogens with one attached hydrogen (secondary N) is 1. The molecule has 1 aromatic carbocycles. The minimum absolute atomic E-state index is 0.565. The molecule has 1 aliphatic heterocycles. The Morgan fingerprint density at radius 2 is 2.29 bits per heavy atom. The third-order valence-electron chi connectivity index (χ3n) is 2.39. The van der Waals surface area contributed by atoms with Crippen LogP contribution in [0.1, 0.15) is 0 Å². The molecule has 2 nitrogen and oxygen atoms in total. The Bertz CT molecular complexity index is 347. The fraction of sp³-hybridized carbons (Fsp3) is 0.385. The van der Waals surface area contributed by atoms with E-state index < -0.39 is 0 Å². The first-order chi connectivity index (χ1) is 8.38. The predicted octanol–water partition coefficient (Wildman–Crippen LogP) is 3.01. The number of thioether (sulfide) groups is 2. The summed E-state index contributed by atoms with van der Waals surface area (Å²) >= 11 is 3.90. The van der Waals surface area contributed by atoms with Crippen LogP contribution in [0.5, 0.6) is 5.75 Å². The summed E-state index contributed by atoms with van der Waals surface area (Å²) in [6.07, 6.45) is 1.76. The van der Waals surface area contributed by atoms with E-state index in [9.17, 15) is 0 Å². The molecule has 1 aliphatic rings. The summed E-state index contributed by atoms with van der Waals surface area (Å²) in [6.45, 7) is 5.34. The van der Waals surface area contributed by atoms with Gasteiger partial charge < -0.3 is 10.1 Å². The second-order valence-corrected chi connectivity index (χ2v) is 6.10. The summed E-state index contributed by atoms with van der Waals surface area (Å²) in [7, 11) is 0. The van der Waals surface area contributed by atoms with Crippen LogP contribution in [0, 0.1) is 0 Å². The average Bonchev–Trinajstić information content (AvgIpc) is 2.88. The molecule has 17 heavy (non-hydrogen) atoms. The Labute approximate surface area is 111 Å². The smallest absolute Gasteiger partial charge is 0.119 e.